The van der Waals surface area contributed by atoms with Gasteiger partial charge in [0.2, 0.25) is 19.9 Å². The van der Waals surface area contributed by atoms with E-state index in [4.69, 9.17) is 0 Å². The molecule has 3 aromatic carbocycles. The second-order valence-electron chi connectivity index (χ2n) is 7.02. The minimum absolute atomic E-state index is 0.0357. The maximum atomic E-state index is 12.9. The third-order valence-corrected chi connectivity index (χ3v) is 8.61. The molecule has 0 heterocycles. The number of aryl methyl sites for hydroxylation is 2. The molecule has 0 saturated heterocycles. The second kappa shape index (κ2) is 9.01. The lowest BCUT2D eigenvalue weighted by Gasteiger charge is -2.12. The van der Waals surface area contributed by atoms with E-state index in [0.29, 0.717) is 12.0 Å². The molecule has 1 N–H and O–H groups in total. The number of sulfone groups is 1. The minimum Gasteiger partial charge on any atom is -0.219 e. The van der Waals surface area contributed by atoms with Crippen molar-refractivity contribution >= 4 is 35.8 Å². The number of halogens is 1. The van der Waals surface area contributed by atoms with Crippen molar-refractivity contribution in [2.45, 2.75) is 35.0 Å². The maximum Gasteiger partial charge on any atom is 0.240 e. The van der Waals surface area contributed by atoms with Crippen molar-refractivity contribution in [1.82, 2.24) is 4.72 Å². The summed E-state index contributed by atoms with van der Waals surface area (Å²) in [6, 6.07) is 18.3. The first-order chi connectivity index (χ1) is 14.1. The summed E-state index contributed by atoms with van der Waals surface area (Å²) in [5.74, 6) is 0. The van der Waals surface area contributed by atoms with Crippen LogP contribution in [-0.2, 0) is 26.3 Å². The highest BCUT2D eigenvalue weighted by molar-refractivity contribution is 9.10. The first-order valence-corrected chi connectivity index (χ1v) is 13.0. The van der Waals surface area contributed by atoms with Crippen LogP contribution in [0.25, 0.3) is 0 Å². The lowest BCUT2D eigenvalue weighted by molar-refractivity contribution is 0.580. The van der Waals surface area contributed by atoms with Crippen LogP contribution in [0.5, 0.6) is 0 Å². The first-order valence-electron chi connectivity index (χ1n) is 9.26. The first kappa shape index (κ1) is 22.7. The van der Waals surface area contributed by atoms with Crippen LogP contribution >= 0.6 is 15.9 Å². The molecule has 0 fully saturated rings. The molecule has 0 aromatic heterocycles. The van der Waals surface area contributed by atoms with Gasteiger partial charge in [-0.1, -0.05) is 51.8 Å². The second-order valence-corrected chi connectivity index (χ2v) is 11.6. The van der Waals surface area contributed by atoms with E-state index in [0.717, 1.165) is 15.6 Å². The molecule has 0 aliphatic heterocycles. The Morgan fingerprint density at radius 1 is 0.800 bits per heavy atom. The van der Waals surface area contributed by atoms with Crippen molar-refractivity contribution < 1.29 is 16.8 Å². The number of benzene rings is 3. The van der Waals surface area contributed by atoms with Gasteiger partial charge in [-0.05, 0) is 67.8 Å². The van der Waals surface area contributed by atoms with Gasteiger partial charge in [-0.25, -0.2) is 21.6 Å². The quantitative estimate of drug-likeness (QED) is 0.513. The average molecular weight is 508 g/mol. The van der Waals surface area contributed by atoms with Gasteiger partial charge in [0.1, 0.15) is 0 Å². The summed E-state index contributed by atoms with van der Waals surface area (Å²) in [7, 11) is -7.68. The molecule has 5 nitrogen and oxygen atoms in total. The number of hydrogen-bond acceptors (Lipinski definition) is 4. The molecule has 158 valence electrons. The predicted octanol–water partition coefficient (Wildman–Crippen LogP) is 4.42. The highest BCUT2D eigenvalue weighted by Crippen LogP contribution is 2.25. The fourth-order valence-electron chi connectivity index (χ4n) is 2.95. The largest absolute Gasteiger partial charge is 0.240 e. The van der Waals surface area contributed by atoms with Crippen LogP contribution in [0.4, 0.5) is 0 Å². The highest BCUT2D eigenvalue weighted by atomic mass is 79.9. The third kappa shape index (κ3) is 5.18. The van der Waals surface area contributed by atoms with Crippen molar-refractivity contribution in [3.05, 3.63) is 87.9 Å². The molecule has 0 amide bonds. The smallest absolute Gasteiger partial charge is 0.219 e. The van der Waals surface area contributed by atoms with E-state index < -0.39 is 19.9 Å². The monoisotopic (exact) mass is 507 g/mol. The van der Waals surface area contributed by atoms with Gasteiger partial charge < -0.3 is 0 Å². The van der Waals surface area contributed by atoms with Crippen molar-refractivity contribution in [1.29, 1.82) is 0 Å². The van der Waals surface area contributed by atoms with Crippen LogP contribution in [0.3, 0.4) is 0 Å². The fourth-order valence-corrected chi connectivity index (χ4v) is 5.88. The van der Waals surface area contributed by atoms with Gasteiger partial charge in [-0.15, -0.1) is 0 Å². The molecule has 0 aliphatic carbocycles. The average Bonchev–Trinajstić information content (AvgIpc) is 2.70. The molecule has 0 saturated carbocycles. The number of nitrogens with one attached hydrogen (secondary N) is 1. The summed E-state index contributed by atoms with van der Waals surface area (Å²) in [4.78, 5) is 0.0419. The number of sulfonamides is 1. The Morgan fingerprint density at radius 2 is 1.40 bits per heavy atom. The molecule has 0 spiro atoms. The molecule has 30 heavy (non-hydrogen) atoms. The molecule has 0 bridgehead atoms. The summed E-state index contributed by atoms with van der Waals surface area (Å²) in [5.41, 5.74) is 2.42. The lowest BCUT2D eigenvalue weighted by atomic mass is 10.2. The van der Waals surface area contributed by atoms with Crippen LogP contribution in [0, 0.1) is 13.8 Å². The van der Waals surface area contributed by atoms with Crippen LogP contribution in [0.1, 0.15) is 16.7 Å². The fraction of sp³-hybridized carbons (Fsp3) is 0.182. The molecule has 0 aliphatic rings. The van der Waals surface area contributed by atoms with Crippen molar-refractivity contribution in [3.8, 4) is 0 Å². The van der Waals surface area contributed by atoms with E-state index in [-0.39, 0.29) is 21.2 Å². The van der Waals surface area contributed by atoms with Crippen molar-refractivity contribution in [2.24, 2.45) is 0 Å². The highest BCUT2D eigenvalue weighted by Gasteiger charge is 2.23. The van der Waals surface area contributed by atoms with E-state index >= 15 is 0 Å². The van der Waals surface area contributed by atoms with Crippen LogP contribution < -0.4 is 4.72 Å². The zero-order valence-corrected chi connectivity index (χ0v) is 19.8. The Morgan fingerprint density at radius 3 is 2.03 bits per heavy atom. The summed E-state index contributed by atoms with van der Waals surface area (Å²) in [6.45, 7) is 3.72. The van der Waals surface area contributed by atoms with Crippen molar-refractivity contribution in [3.63, 3.8) is 0 Å². The number of rotatable bonds is 7. The van der Waals surface area contributed by atoms with E-state index in [1.54, 1.807) is 19.1 Å². The normalized spacial score (nSPS) is 12.1. The Labute approximate surface area is 186 Å². The molecule has 8 heteroatoms. The van der Waals surface area contributed by atoms with E-state index in [9.17, 15) is 16.8 Å². The number of hydrogen-bond donors (Lipinski definition) is 1. The summed E-state index contributed by atoms with van der Waals surface area (Å²) in [5, 5.41) is 0. The standard InChI is InChI=1S/C22H22BrNO4S2/c1-16-3-10-20(11-4-16)29(25,26)21-12-5-17(2)22(15-21)30(27,28)24-14-13-18-6-8-19(23)9-7-18/h3-12,15,24H,13-14H2,1-2H3. The van der Waals surface area contributed by atoms with E-state index in [1.165, 1.54) is 30.3 Å². The zero-order chi connectivity index (χ0) is 21.9. The Kier molecular flexibility index (Phi) is 6.81. The van der Waals surface area contributed by atoms with Crippen LogP contribution in [-0.4, -0.2) is 23.4 Å². The Balaban J connectivity index is 1.84. The summed E-state index contributed by atoms with van der Waals surface area (Å²) < 4.78 is 55.1. The molecule has 3 aromatic rings. The minimum atomic E-state index is -3.86. The molecular weight excluding hydrogens is 486 g/mol. The Hall–Kier alpha value is -2.00. The predicted molar refractivity (Wildman–Crippen MR) is 121 cm³/mol. The Bertz CT molecular complexity index is 1250. The summed E-state index contributed by atoms with van der Waals surface area (Å²) >= 11 is 3.37. The van der Waals surface area contributed by atoms with E-state index in [1.807, 2.05) is 31.2 Å². The molecule has 0 radical (unpaired) electrons. The van der Waals surface area contributed by atoms with Gasteiger partial charge >= 0.3 is 0 Å². The molecule has 3 rings (SSSR count). The molecule has 0 atom stereocenters. The molecular formula is C22H22BrNO4S2. The van der Waals surface area contributed by atoms with Gasteiger partial charge in [-0.3, -0.25) is 0 Å². The SMILES string of the molecule is Cc1ccc(S(=O)(=O)c2ccc(C)c(S(=O)(=O)NCCc3ccc(Br)cc3)c2)cc1. The van der Waals surface area contributed by atoms with Crippen molar-refractivity contribution in [2.75, 3.05) is 6.54 Å². The van der Waals surface area contributed by atoms with Crippen LogP contribution in [0.15, 0.2) is 85.9 Å². The van der Waals surface area contributed by atoms with Crippen LogP contribution in [0.2, 0.25) is 0 Å². The topological polar surface area (TPSA) is 80.3 Å². The van der Waals surface area contributed by atoms with Gasteiger partial charge in [0, 0.05) is 11.0 Å². The van der Waals surface area contributed by atoms with E-state index in [2.05, 4.69) is 20.7 Å². The summed E-state index contributed by atoms with van der Waals surface area (Å²) in [6.07, 6.45) is 0.521. The molecule has 0 unspecified atom stereocenters. The van der Waals surface area contributed by atoms with Gasteiger partial charge in [0.05, 0.1) is 14.7 Å². The van der Waals surface area contributed by atoms with Gasteiger partial charge in [0.25, 0.3) is 0 Å². The third-order valence-electron chi connectivity index (χ3n) is 4.71. The zero-order valence-electron chi connectivity index (χ0n) is 16.6. The van der Waals surface area contributed by atoms with Gasteiger partial charge in [0.15, 0.2) is 0 Å². The lowest BCUT2D eigenvalue weighted by Crippen LogP contribution is -2.27. The van der Waals surface area contributed by atoms with Gasteiger partial charge in [-0.2, -0.15) is 0 Å². The maximum absolute atomic E-state index is 12.9.